The predicted molar refractivity (Wildman–Crippen MR) is 88.6 cm³/mol. The van der Waals surface area contributed by atoms with Gasteiger partial charge in [0, 0.05) is 11.9 Å². The van der Waals surface area contributed by atoms with Crippen LogP contribution in [0.5, 0.6) is 5.75 Å². The van der Waals surface area contributed by atoms with E-state index in [0.717, 1.165) is 33.4 Å². The summed E-state index contributed by atoms with van der Waals surface area (Å²) in [6.45, 7) is 4.10. The SMILES string of the molecule is CCc1nc(C)c(-c2ccnc(Nc3ccc(O)cc3)n2)s1. The van der Waals surface area contributed by atoms with Crippen molar-refractivity contribution >= 4 is 23.0 Å². The Balaban J connectivity index is 1.88. The van der Waals surface area contributed by atoms with E-state index >= 15 is 0 Å². The number of aryl methyl sites for hydroxylation is 2. The van der Waals surface area contributed by atoms with Gasteiger partial charge >= 0.3 is 0 Å². The summed E-state index contributed by atoms with van der Waals surface area (Å²) in [6, 6.07) is 8.68. The number of phenolic OH excluding ortho intramolecular Hbond substituents is 1. The number of nitrogens with one attached hydrogen (secondary N) is 1. The lowest BCUT2D eigenvalue weighted by atomic mass is 10.3. The van der Waals surface area contributed by atoms with Crippen LogP contribution in [0.25, 0.3) is 10.6 Å². The van der Waals surface area contributed by atoms with Gasteiger partial charge in [0.1, 0.15) is 5.75 Å². The number of thiazole rings is 1. The molecule has 0 aliphatic rings. The summed E-state index contributed by atoms with van der Waals surface area (Å²) >= 11 is 1.67. The smallest absolute Gasteiger partial charge is 0.227 e. The first-order valence-corrected chi connectivity index (χ1v) is 7.83. The molecule has 2 N–H and O–H groups in total. The zero-order valence-electron chi connectivity index (χ0n) is 12.4. The van der Waals surface area contributed by atoms with E-state index in [2.05, 4.69) is 27.2 Å². The lowest BCUT2D eigenvalue weighted by Crippen LogP contribution is -1.97. The van der Waals surface area contributed by atoms with Crippen LogP contribution < -0.4 is 5.32 Å². The van der Waals surface area contributed by atoms with Crippen molar-refractivity contribution in [3.8, 4) is 16.3 Å². The number of benzene rings is 1. The lowest BCUT2D eigenvalue weighted by Gasteiger charge is -2.06. The van der Waals surface area contributed by atoms with Gasteiger partial charge in [-0.15, -0.1) is 11.3 Å². The van der Waals surface area contributed by atoms with Crippen molar-refractivity contribution in [1.29, 1.82) is 0 Å². The fourth-order valence-corrected chi connectivity index (χ4v) is 3.03. The van der Waals surface area contributed by atoms with E-state index in [9.17, 15) is 5.11 Å². The summed E-state index contributed by atoms with van der Waals surface area (Å²) in [5.74, 6) is 0.752. The monoisotopic (exact) mass is 312 g/mol. The van der Waals surface area contributed by atoms with Gasteiger partial charge in [0.2, 0.25) is 5.95 Å². The highest BCUT2D eigenvalue weighted by Crippen LogP contribution is 2.29. The average Bonchev–Trinajstić information content (AvgIpc) is 2.91. The van der Waals surface area contributed by atoms with Gasteiger partial charge in [0.15, 0.2) is 0 Å². The third-order valence-electron chi connectivity index (χ3n) is 3.16. The van der Waals surface area contributed by atoms with Crippen LogP contribution in [0.1, 0.15) is 17.6 Å². The Hall–Kier alpha value is -2.47. The molecule has 2 aromatic heterocycles. The van der Waals surface area contributed by atoms with Crippen molar-refractivity contribution in [1.82, 2.24) is 15.0 Å². The summed E-state index contributed by atoms with van der Waals surface area (Å²) < 4.78 is 0. The zero-order chi connectivity index (χ0) is 15.5. The average molecular weight is 312 g/mol. The summed E-state index contributed by atoms with van der Waals surface area (Å²) in [4.78, 5) is 14.4. The third kappa shape index (κ3) is 3.07. The van der Waals surface area contributed by atoms with E-state index in [1.165, 1.54) is 0 Å². The number of hydrogen-bond donors (Lipinski definition) is 2. The standard InChI is InChI=1S/C16H16N4OS/c1-3-14-18-10(2)15(22-14)13-8-9-17-16(20-13)19-11-4-6-12(21)7-5-11/h4-9,21H,3H2,1-2H3,(H,17,19,20). The van der Waals surface area contributed by atoms with Gasteiger partial charge in [-0.25, -0.2) is 15.0 Å². The maximum Gasteiger partial charge on any atom is 0.227 e. The van der Waals surface area contributed by atoms with Crippen LogP contribution >= 0.6 is 11.3 Å². The Kier molecular flexibility index (Phi) is 4.02. The van der Waals surface area contributed by atoms with Gasteiger partial charge in [0.25, 0.3) is 0 Å². The summed E-state index contributed by atoms with van der Waals surface area (Å²) in [5.41, 5.74) is 2.69. The van der Waals surface area contributed by atoms with Crippen LogP contribution in [-0.2, 0) is 6.42 Å². The van der Waals surface area contributed by atoms with Crippen molar-refractivity contribution in [2.45, 2.75) is 20.3 Å². The molecule has 0 radical (unpaired) electrons. The van der Waals surface area contributed by atoms with E-state index in [1.807, 2.05) is 13.0 Å². The molecule has 2 heterocycles. The second-order valence-electron chi connectivity index (χ2n) is 4.81. The lowest BCUT2D eigenvalue weighted by molar-refractivity contribution is 0.475. The largest absolute Gasteiger partial charge is 0.508 e. The Morgan fingerprint density at radius 2 is 1.91 bits per heavy atom. The molecule has 5 nitrogen and oxygen atoms in total. The maximum atomic E-state index is 9.31. The highest BCUT2D eigenvalue weighted by atomic mass is 32.1. The maximum absolute atomic E-state index is 9.31. The summed E-state index contributed by atoms with van der Waals surface area (Å²) in [5, 5.41) is 13.5. The molecule has 3 aromatic rings. The molecule has 1 aromatic carbocycles. The van der Waals surface area contributed by atoms with Crippen molar-refractivity contribution in [3.63, 3.8) is 0 Å². The molecule has 0 saturated carbocycles. The minimum Gasteiger partial charge on any atom is -0.508 e. The van der Waals surface area contributed by atoms with Gasteiger partial charge in [-0.3, -0.25) is 0 Å². The molecule has 22 heavy (non-hydrogen) atoms. The second kappa shape index (κ2) is 6.11. The second-order valence-corrected chi connectivity index (χ2v) is 5.90. The van der Waals surface area contributed by atoms with Crippen LogP contribution in [0.15, 0.2) is 36.5 Å². The molecule has 0 unspecified atom stereocenters. The van der Waals surface area contributed by atoms with Crippen molar-refractivity contribution < 1.29 is 5.11 Å². The number of aromatic hydroxyl groups is 1. The third-order valence-corrected chi connectivity index (χ3v) is 4.48. The molecular weight excluding hydrogens is 296 g/mol. The molecule has 0 spiro atoms. The predicted octanol–water partition coefficient (Wildman–Crippen LogP) is 3.92. The van der Waals surface area contributed by atoms with E-state index < -0.39 is 0 Å². The Labute approximate surface area is 132 Å². The van der Waals surface area contributed by atoms with Gasteiger partial charge < -0.3 is 10.4 Å². The Bertz CT molecular complexity index is 783. The van der Waals surface area contributed by atoms with Crippen LogP contribution in [0.4, 0.5) is 11.6 Å². The molecule has 0 fully saturated rings. The van der Waals surface area contributed by atoms with Gasteiger partial charge in [0.05, 0.1) is 21.3 Å². The molecule has 3 rings (SSSR count). The fourth-order valence-electron chi connectivity index (χ4n) is 2.06. The fraction of sp³-hybridized carbons (Fsp3) is 0.188. The number of hydrogen-bond acceptors (Lipinski definition) is 6. The summed E-state index contributed by atoms with van der Waals surface area (Å²) in [6.07, 6.45) is 2.66. The van der Waals surface area contributed by atoms with Gasteiger partial charge in [-0.05, 0) is 43.7 Å². The molecule has 0 atom stereocenters. The van der Waals surface area contributed by atoms with E-state index in [1.54, 1.807) is 41.8 Å². The zero-order valence-corrected chi connectivity index (χ0v) is 13.2. The molecule has 0 aliphatic heterocycles. The first kappa shape index (κ1) is 14.5. The molecule has 112 valence electrons. The first-order valence-electron chi connectivity index (χ1n) is 7.01. The van der Waals surface area contributed by atoms with Crippen molar-refractivity contribution in [2.75, 3.05) is 5.32 Å². The number of aromatic nitrogens is 3. The molecule has 0 saturated heterocycles. The normalized spacial score (nSPS) is 10.6. The molecule has 0 bridgehead atoms. The quantitative estimate of drug-likeness (QED) is 0.714. The highest BCUT2D eigenvalue weighted by Gasteiger charge is 2.11. The molecule has 0 aliphatic carbocycles. The van der Waals surface area contributed by atoms with Crippen molar-refractivity contribution in [2.24, 2.45) is 0 Å². The van der Waals surface area contributed by atoms with E-state index in [4.69, 9.17) is 0 Å². The van der Waals surface area contributed by atoms with Crippen LogP contribution in [0.3, 0.4) is 0 Å². The van der Waals surface area contributed by atoms with Crippen LogP contribution in [0.2, 0.25) is 0 Å². The number of nitrogens with zero attached hydrogens (tertiary/aromatic N) is 3. The van der Waals surface area contributed by atoms with Crippen LogP contribution in [-0.4, -0.2) is 20.1 Å². The van der Waals surface area contributed by atoms with Crippen molar-refractivity contribution in [3.05, 3.63) is 47.2 Å². The molecular formula is C16H16N4OS. The number of phenols is 1. The van der Waals surface area contributed by atoms with Gasteiger partial charge in [-0.1, -0.05) is 6.92 Å². The number of anilines is 2. The van der Waals surface area contributed by atoms with Crippen LogP contribution in [0, 0.1) is 6.92 Å². The Morgan fingerprint density at radius 3 is 2.59 bits per heavy atom. The highest BCUT2D eigenvalue weighted by molar-refractivity contribution is 7.15. The van der Waals surface area contributed by atoms with E-state index in [-0.39, 0.29) is 5.75 Å². The molecule has 6 heteroatoms. The number of rotatable bonds is 4. The minimum absolute atomic E-state index is 0.229. The summed E-state index contributed by atoms with van der Waals surface area (Å²) in [7, 11) is 0. The Morgan fingerprint density at radius 1 is 1.14 bits per heavy atom. The minimum atomic E-state index is 0.229. The van der Waals surface area contributed by atoms with E-state index in [0.29, 0.717) is 5.95 Å². The molecule has 0 amide bonds. The van der Waals surface area contributed by atoms with Gasteiger partial charge in [-0.2, -0.15) is 0 Å². The topological polar surface area (TPSA) is 70.9 Å². The first-order chi connectivity index (χ1) is 10.7.